The molecular formula is C16H18N4O3S. The van der Waals surface area contributed by atoms with E-state index in [1.54, 1.807) is 12.4 Å². The number of hydrogen-bond donors (Lipinski definition) is 1. The van der Waals surface area contributed by atoms with Gasteiger partial charge in [-0.1, -0.05) is 0 Å². The molecule has 3 rings (SSSR count). The Morgan fingerprint density at radius 3 is 2.96 bits per heavy atom. The van der Waals surface area contributed by atoms with Crippen LogP contribution in [0.25, 0.3) is 11.3 Å². The van der Waals surface area contributed by atoms with Gasteiger partial charge in [-0.3, -0.25) is 19.9 Å². The van der Waals surface area contributed by atoms with E-state index in [2.05, 4.69) is 15.3 Å². The van der Waals surface area contributed by atoms with Crippen molar-refractivity contribution in [2.45, 2.75) is 19.4 Å². The summed E-state index contributed by atoms with van der Waals surface area (Å²) < 4.78 is 5.55. The number of rotatable bonds is 2. The summed E-state index contributed by atoms with van der Waals surface area (Å²) in [6.45, 7) is 5.01. The van der Waals surface area contributed by atoms with Crippen LogP contribution < -0.4 is 5.32 Å². The van der Waals surface area contributed by atoms with Gasteiger partial charge in [-0.05, 0) is 26.0 Å². The SMILES string of the molecule is CC1(C)CN(C(=O)C(=O)Nc2nc(-c3cccnc3)cs2)CCO1. The highest BCUT2D eigenvalue weighted by molar-refractivity contribution is 7.14. The van der Waals surface area contributed by atoms with Crippen LogP contribution in [-0.2, 0) is 14.3 Å². The zero-order valence-corrected chi connectivity index (χ0v) is 14.3. The fourth-order valence-electron chi connectivity index (χ4n) is 2.46. The van der Waals surface area contributed by atoms with E-state index in [0.29, 0.717) is 30.5 Å². The largest absolute Gasteiger partial charge is 0.372 e. The van der Waals surface area contributed by atoms with E-state index in [0.717, 1.165) is 5.56 Å². The van der Waals surface area contributed by atoms with Crippen molar-refractivity contribution in [2.75, 3.05) is 25.0 Å². The molecule has 2 amide bonds. The lowest BCUT2D eigenvalue weighted by Crippen LogP contribution is -2.53. The molecule has 0 atom stereocenters. The molecule has 2 aromatic heterocycles. The average molecular weight is 346 g/mol. The summed E-state index contributed by atoms with van der Waals surface area (Å²) >= 11 is 1.27. The Hall–Kier alpha value is -2.32. The van der Waals surface area contributed by atoms with E-state index in [1.165, 1.54) is 16.2 Å². The number of anilines is 1. The monoisotopic (exact) mass is 346 g/mol. The third-order valence-corrected chi connectivity index (χ3v) is 4.35. The topological polar surface area (TPSA) is 84.4 Å². The van der Waals surface area contributed by atoms with Crippen molar-refractivity contribution in [3.05, 3.63) is 29.9 Å². The Bertz CT molecular complexity index is 745. The van der Waals surface area contributed by atoms with Gasteiger partial charge < -0.3 is 9.64 Å². The minimum atomic E-state index is -0.681. The maximum atomic E-state index is 12.3. The molecule has 2 aromatic rings. The van der Waals surface area contributed by atoms with Gasteiger partial charge in [0, 0.05) is 36.4 Å². The van der Waals surface area contributed by atoms with Crippen LogP contribution in [0.15, 0.2) is 29.9 Å². The highest BCUT2D eigenvalue weighted by Crippen LogP contribution is 2.24. The minimum Gasteiger partial charge on any atom is -0.372 e. The first-order valence-electron chi connectivity index (χ1n) is 7.55. The zero-order chi connectivity index (χ0) is 17.2. The van der Waals surface area contributed by atoms with E-state index >= 15 is 0 Å². The Labute approximate surface area is 143 Å². The second kappa shape index (κ2) is 6.66. The van der Waals surface area contributed by atoms with Crippen LogP contribution in [0.5, 0.6) is 0 Å². The lowest BCUT2D eigenvalue weighted by molar-refractivity contribution is -0.153. The van der Waals surface area contributed by atoms with Crippen LogP contribution in [0.3, 0.4) is 0 Å². The second-order valence-corrected chi connectivity index (χ2v) is 6.93. The first-order valence-corrected chi connectivity index (χ1v) is 8.43. The van der Waals surface area contributed by atoms with Crippen LogP contribution in [0.2, 0.25) is 0 Å². The smallest absolute Gasteiger partial charge is 0.315 e. The Balaban J connectivity index is 1.65. The summed E-state index contributed by atoms with van der Waals surface area (Å²) in [5.41, 5.74) is 1.13. The molecule has 8 heteroatoms. The fraction of sp³-hybridized carbons (Fsp3) is 0.375. The standard InChI is InChI=1S/C16H18N4O3S/c1-16(2)10-20(6-7-23-16)14(22)13(21)19-15-18-12(9-24-15)11-4-3-5-17-8-11/h3-5,8-9H,6-7,10H2,1-2H3,(H,18,19,21). The van der Waals surface area contributed by atoms with Crippen LogP contribution in [0.4, 0.5) is 5.13 Å². The molecule has 1 aliphatic heterocycles. The van der Waals surface area contributed by atoms with E-state index in [1.807, 2.05) is 31.4 Å². The van der Waals surface area contributed by atoms with Gasteiger partial charge in [0.15, 0.2) is 5.13 Å². The molecule has 0 spiro atoms. The number of carbonyl (C=O) groups excluding carboxylic acids is 2. The number of nitrogens with zero attached hydrogens (tertiary/aromatic N) is 3. The molecule has 1 saturated heterocycles. The summed E-state index contributed by atoms with van der Waals surface area (Å²) in [4.78, 5) is 34.3. The Morgan fingerprint density at radius 1 is 1.42 bits per heavy atom. The molecule has 0 saturated carbocycles. The Kier molecular flexibility index (Phi) is 4.59. The summed E-state index contributed by atoms with van der Waals surface area (Å²) in [5, 5.41) is 4.78. The van der Waals surface area contributed by atoms with Gasteiger partial charge in [0.25, 0.3) is 0 Å². The predicted molar refractivity (Wildman–Crippen MR) is 90.6 cm³/mol. The van der Waals surface area contributed by atoms with Crippen molar-refractivity contribution >= 4 is 28.3 Å². The summed E-state index contributed by atoms with van der Waals surface area (Å²) in [7, 11) is 0. The molecule has 0 aliphatic carbocycles. The zero-order valence-electron chi connectivity index (χ0n) is 13.5. The third kappa shape index (κ3) is 3.77. The number of pyridine rings is 1. The van der Waals surface area contributed by atoms with Crippen molar-refractivity contribution in [3.63, 3.8) is 0 Å². The average Bonchev–Trinajstić information content (AvgIpc) is 3.02. The number of morpholine rings is 1. The highest BCUT2D eigenvalue weighted by atomic mass is 32.1. The van der Waals surface area contributed by atoms with Gasteiger partial charge >= 0.3 is 11.8 Å². The van der Waals surface area contributed by atoms with Crippen LogP contribution in [-0.4, -0.2) is 52.0 Å². The quantitative estimate of drug-likeness (QED) is 0.838. The van der Waals surface area contributed by atoms with Gasteiger partial charge in [-0.2, -0.15) is 0 Å². The first-order chi connectivity index (χ1) is 11.4. The molecule has 0 bridgehead atoms. The molecule has 1 N–H and O–H groups in total. The van der Waals surface area contributed by atoms with Gasteiger partial charge in [0.2, 0.25) is 0 Å². The minimum absolute atomic E-state index is 0.387. The van der Waals surface area contributed by atoms with Crippen LogP contribution >= 0.6 is 11.3 Å². The lowest BCUT2D eigenvalue weighted by Gasteiger charge is -2.37. The predicted octanol–water partition coefficient (Wildman–Crippen LogP) is 1.78. The molecule has 1 fully saturated rings. The van der Waals surface area contributed by atoms with Crippen molar-refractivity contribution in [3.8, 4) is 11.3 Å². The molecule has 0 radical (unpaired) electrons. The van der Waals surface area contributed by atoms with E-state index < -0.39 is 17.4 Å². The van der Waals surface area contributed by atoms with Gasteiger partial charge in [0.05, 0.1) is 17.9 Å². The third-order valence-electron chi connectivity index (χ3n) is 3.59. The van der Waals surface area contributed by atoms with Crippen LogP contribution in [0, 0.1) is 0 Å². The number of carbonyl (C=O) groups is 2. The van der Waals surface area contributed by atoms with E-state index in [9.17, 15) is 9.59 Å². The highest BCUT2D eigenvalue weighted by Gasteiger charge is 2.32. The number of thiazole rings is 1. The maximum absolute atomic E-state index is 12.3. The van der Waals surface area contributed by atoms with Gasteiger partial charge in [-0.25, -0.2) is 4.98 Å². The lowest BCUT2D eigenvalue weighted by atomic mass is 10.1. The number of nitrogens with one attached hydrogen (secondary N) is 1. The molecule has 1 aliphatic rings. The number of amides is 2. The van der Waals surface area contributed by atoms with Gasteiger partial charge in [0.1, 0.15) is 0 Å². The molecule has 126 valence electrons. The van der Waals surface area contributed by atoms with Gasteiger partial charge in [-0.15, -0.1) is 11.3 Å². The van der Waals surface area contributed by atoms with E-state index in [-0.39, 0.29) is 0 Å². The van der Waals surface area contributed by atoms with Crippen molar-refractivity contribution < 1.29 is 14.3 Å². The molecule has 3 heterocycles. The van der Waals surface area contributed by atoms with Crippen molar-refractivity contribution in [1.29, 1.82) is 0 Å². The fourth-order valence-corrected chi connectivity index (χ4v) is 3.18. The summed E-state index contributed by atoms with van der Waals surface area (Å²) in [6.07, 6.45) is 3.38. The summed E-state index contributed by atoms with van der Waals surface area (Å²) in [6, 6.07) is 3.70. The molecule has 7 nitrogen and oxygen atoms in total. The second-order valence-electron chi connectivity index (χ2n) is 6.07. The number of aromatic nitrogens is 2. The molecule has 24 heavy (non-hydrogen) atoms. The number of ether oxygens (including phenoxy) is 1. The Morgan fingerprint density at radius 2 is 2.25 bits per heavy atom. The molecular weight excluding hydrogens is 328 g/mol. The van der Waals surface area contributed by atoms with E-state index in [4.69, 9.17) is 4.74 Å². The number of hydrogen-bond acceptors (Lipinski definition) is 6. The maximum Gasteiger partial charge on any atom is 0.315 e. The van der Waals surface area contributed by atoms with Crippen LogP contribution in [0.1, 0.15) is 13.8 Å². The van der Waals surface area contributed by atoms with Crippen molar-refractivity contribution in [2.24, 2.45) is 0 Å². The van der Waals surface area contributed by atoms with Crippen molar-refractivity contribution in [1.82, 2.24) is 14.9 Å². The summed E-state index contributed by atoms with van der Waals surface area (Å²) in [5.74, 6) is -1.25. The molecule has 0 unspecified atom stereocenters. The first kappa shape index (κ1) is 16.5. The normalized spacial score (nSPS) is 16.7. The molecule has 0 aromatic carbocycles.